The van der Waals surface area contributed by atoms with Crippen molar-refractivity contribution < 1.29 is 0 Å². The molecule has 2 aromatic rings. The number of hydrogen-bond acceptors (Lipinski definition) is 4. The monoisotopic (exact) mass is 222 g/mol. The molecular weight excluding hydrogens is 212 g/mol. The van der Waals surface area contributed by atoms with Crippen LogP contribution in [0.1, 0.15) is 5.69 Å². The molecule has 2 N–H and O–H groups in total. The molecule has 0 bridgehead atoms. The Hall–Kier alpha value is -1.00. The van der Waals surface area contributed by atoms with Crippen molar-refractivity contribution >= 4 is 28.8 Å². The lowest BCUT2D eigenvalue weighted by molar-refractivity contribution is 1.16. The zero-order valence-electron chi connectivity index (χ0n) is 7.73. The van der Waals surface area contributed by atoms with Crippen LogP contribution >= 0.6 is 23.1 Å². The van der Waals surface area contributed by atoms with Gasteiger partial charge in [-0.15, -0.1) is 11.3 Å². The Morgan fingerprint density at radius 1 is 1.43 bits per heavy atom. The molecule has 0 aliphatic carbocycles. The Kier molecular flexibility index (Phi) is 2.74. The van der Waals surface area contributed by atoms with Gasteiger partial charge in [0.15, 0.2) is 4.34 Å². The summed E-state index contributed by atoms with van der Waals surface area (Å²) in [5.41, 5.74) is 7.55. The number of nitrogens with two attached hydrogens (primary N) is 1. The van der Waals surface area contributed by atoms with E-state index in [1.807, 2.05) is 31.2 Å². The van der Waals surface area contributed by atoms with Crippen LogP contribution in [0.2, 0.25) is 0 Å². The summed E-state index contributed by atoms with van der Waals surface area (Å²) in [5.74, 6) is 0. The van der Waals surface area contributed by atoms with Gasteiger partial charge in [-0.3, -0.25) is 0 Å². The van der Waals surface area contributed by atoms with Crippen molar-refractivity contribution in [1.82, 2.24) is 4.98 Å². The molecule has 0 aliphatic heterocycles. The maximum absolute atomic E-state index is 5.69. The van der Waals surface area contributed by atoms with Crippen LogP contribution in [0.5, 0.6) is 0 Å². The zero-order chi connectivity index (χ0) is 9.97. The number of thiazole rings is 1. The first-order valence-electron chi connectivity index (χ1n) is 4.19. The Bertz CT molecular complexity index is 437. The van der Waals surface area contributed by atoms with Crippen molar-refractivity contribution in [3.63, 3.8) is 0 Å². The van der Waals surface area contributed by atoms with Crippen LogP contribution in [-0.2, 0) is 0 Å². The van der Waals surface area contributed by atoms with Crippen molar-refractivity contribution in [2.24, 2.45) is 0 Å². The molecule has 0 unspecified atom stereocenters. The summed E-state index contributed by atoms with van der Waals surface area (Å²) in [6, 6.07) is 7.84. The van der Waals surface area contributed by atoms with Crippen LogP contribution in [0.4, 0.5) is 5.69 Å². The summed E-state index contributed by atoms with van der Waals surface area (Å²) < 4.78 is 1.06. The maximum Gasteiger partial charge on any atom is 0.154 e. The van der Waals surface area contributed by atoms with Gasteiger partial charge in [0.1, 0.15) is 0 Å². The number of benzene rings is 1. The molecule has 1 heterocycles. The van der Waals surface area contributed by atoms with Crippen molar-refractivity contribution in [2.45, 2.75) is 16.2 Å². The SMILES string of the molecule is Cc1csc(Sc2cccc(N)c2)n1. The second-order valence-electron chi connectivity index (χ2n) is 2.93. The molecule has 0 radical (unpaired) electrons. The van der Waals surface area contributed by atoms with Crippen molar-refractivity contribution in [1.29, 1.82) is 0 Å². The van der Waals surface area contributed by atoms with Gasteiger partial charge < -0.3 is 5.73 Å². The quantitative estimate of drug-likeness (QED) is 0.793. The normalized spacial score (nSPS) is 10.4. The number of nitrogens with zero attached hydrogens (tertiary/aromatic N) is 1. The largest absolute Gasteiger partial charge is 0.399 e. The van der Waals surface area contributed by atoms with Gasteiger partial charge in [-0.25, -0.2) is 4.98 Å². The predicted octanol–water partition coefficient (Wildman–Crippen LogP) is 3.18. The van der Waals surface area contributed by atoms with Gasteiger partial charge in [0.2, 0.25) is 0 Å². The number of aromatic nitrogens is 1. The molecule has 0 atom stereocenters. The molecular formula is C10H10N2S2. The summed E-state index contributed by atoms with van der Waals surface area (Å²) in [5, 5.41) is 2.05. The molecule has 2 rings (SSSR count). The first-order valence-corrected chi connectivity index (χ1v) is 5.89. The fraction of sp³-hybridized carbons (Fsp3) is 0.100. The minimum absolute atomic E-state index is 0.795. The molecule has 0 fully saturated rings. The van der Waals surface area contributed by atoms with Crippen molar-refractivity contribution in [3.8, 4) is 0 Å². The predicted molar refractivity (Wildman–Crippen MR) is 61.8 cm³/mol. The summed E-state index contributed by atoms with van der Waals surface area (Å²) in [6.45, 7) is 2.00. The number of aryl methyl sites for hydroxylation is 1. The van der Waals surface area contributed by atoms with Gasteiger partial charge in [0, 0.05) is 21.7 Å². The minimum Gasteiger partial charge on any atom is -0.399 e. The van der Waals surface area contributed by atoms with E-state index in [0.29, 0.717) is 0 Å². The highest BCUT2D eigenvalue weighted by Crippen LogP contribution is 2.30. The van der Waals surface area contributed by atoms with Gasteiger partial charge in [0.25, 0.3) is 0 Å². The molecule has 1 aromatic heterocycles. The van der Waals surface area contributed by atoms with E-state index in [-0.39, 0.29) is 0 Å². The van der Waals surface area contributed by atoms with E-state index in [4.69, 9.17) is 5.73 Å². The van der Waals surface area contributed by atoms with Crippen molar-refractivity contribution in [2.75, 3.05) is 5.73 Å². The van der Waals surface area contributed by atoms with E-state index in [1.165, 1.54) is 0 Å². The van der Waals surface area contributed by atoms with E-state index in [0.717, 1.165) is 20.6 Å². The van der Waals surface area contributed by atoms with Crippen LogP contribution in [0.25, 0.3) is 0 Å². The van der Waals surface area contributed by atoms with E-state index < -0.39 is 0 Å². The standard InChI is InChI=1S/C10H10N2S2/c1-7-6-13-10(12-7)14-9-4-2-3-8(11)5-9/h2-6H,11H2,1H3. The Morgan fingerprint density at radius 2 is 2.29 bits per heavy atom. The first kappa shape index (κ1) is 9.55. The highest BCUT2D eigenvalue weighted by molar-refractivity contribution is 8.01. The summed E-state index contributed by atoms with van der Waals surface area (Å²) in [6.07, 6.45) is 0. The van der Waals surface area contributed by atoms with E-state index in [9.17, 15) is 0 Å². The lowest BCUT2D eigenvalue weighted by Gasteiger charge is -1.98. The highest BCUT2D eigenvalue weighted by atomic mass is 32.2. The second-order valence-corrected chi connectivity index (χ2v) is 5.11. The van der Waals surface area contributed by atoms with E-state index in [1.54, 1.807) is 23.1 Å². The molecule has 4 heteroatoms. The number of anilines is 1. The third-order valence-corrected chi connectivity index (χ3v) is 3.71. The highest BCUT2D eigenvalue weighted by Gasteiger charge is 2.01. The Balaban J connectivity index is 2.18. The lowest BCUT2D eigenvalue weighted by atomic mass is 10.3. The summed E-state index contributed by atoms with van der Waals surface area (Å²) in [7, 11) is 0. The first-order chi connectivity index (χ1) is 6.74. The van der Waals surface area contributed by atoms with Gasteiger partial charge >= 0.3 is 0 Å². The molecule has 0 aliphatic rings. The molecule has 0 spiro atoms. The molecule has 0 saturated heterocycles. The van der Waals surface area contributed by atoms with Gasteiger partial charge in [-0.2, -0.15) is 0 Å². The fourth-order valence-electron chi connectivity index (χ4n) is 1.06. The smallest absolute Gasteiger partial charge is 0.154 e. The molecule has 0 saturated carbocycles. The average Bonchev–Trinajstić information content (AvgIpc) is 2.51. The third kappa shape index (κ3) is 2.27. The number of hydrogen-bond donors (Lipinski definition) is 1. The van der Waals surface area contributed by atoms with Gasteiger partial charge in [0.05, 0.1) is 0 Å². The second kappa shape index (κ2) is 4.02. The number of rotatable bonds is 2. The molecule has 2 nitrogen and oxygen atoms in total. The molecule has 14 heavy (non-hydrogen) atoms. The van der Waals surface area contributed by atoms with Crippen LogP contribution in [0.15, 0.2) is 38.9 Å². The summed E-state index contributed by atoms with van der Waals surface area (Å²) in [4.78, 5) is 5.51. The Morgan fingerprint density at radius 3 is 2.93 bits per heavy atom. The lowest BCUT2D eigenvalue weighted by Crippen LogP contribution is -1.83. The maximum atomic E-state index is 5.69. The third-order valence-electron chi connectivity index (χ3n) is 1.66. The molecule has 0 amide bonds. The fourth-order valence-corrected chi connectivity index (χ4v) is 2.94. The van der Waals surface area contributed by atoms with Crippen LogP contribution in [-0.4, -0.2) is 4.98 Å². The van der Waals surface area contributed by atoms with Crippen LogP contribution < -0.4 is 5.73 Å². The average molecular weight is 222 g/mol. The number of nitrogen functional groups attached to an aromatic ring is 1. The minimum atomic E-state index is 0.795. The topological polar surface area (TPSA) is 38.9 Å². The summed E-state index contributed by atoms with van der Waals surface area (Å²) >= 11 is 3.31. The Labute approximate surface area is 91.2 Å². The molecule has 1 aromatic carbocycles. The van der Waals surface area contributed by atoms with Gasteiger partial charge in [-0.05, 0) is 25.1 Å². The van der Waals surface area contributed by atoms with Crippen LogP contribution in [0, 0.1) is 6.92 Å². The van der Waals surface area contributed by atoms with Crippen LogP contribution in [0.3, 0.4) is 0 Å². The molecule has 72 valence electrons. The van der Waals surface area contributed by atoms with E-state index in [2.05, 4.69) is 10.4 Å². The van der Waals surface area contributed by atoms with E-state index >= 15 is 0 Å². The van der Waals surface area contributed by atoms with Gasteiger partial charge in [-0.1, -0.05) is 17.8 Å². The van der Waals surface area contributed by atoms with Crippen molar-refractivity contribution in [3.05, 3.63) is 35.3 Å². The zero-order valence-corrected chi connectivity index (χ0v) is 9.36.